The SMILES string of the molecule is Cc1c(O[SH](=O)=O)ccc2ccccc12. The van der Waals surface area contributed by atoms with E-state index in [0.717, 1.165) is 16.3 Å². The topological polar surface area (TPSA) is 43.4 Å². The molecule has 15 heavy (non-hydrogen) atoms. The van der Waals surface area contributed by atoms with Gasteiger partial charge in [-0.25, -0.2) is 0 Å². The molecule has 4 heteroatoms. The van der Waals surface area contributed by atoms with Crippen LogP contribution in [0.1, 0.15) is 5.56 Å². The molecule has 78 valence electrons. The lowest BCUT2D eigenvalue weighted by molar-refractivity contribution is 0.509. The maximum Gasteiger partial charge on any atom is 0.299 e. The van der Waals surface area contributed by atoms with Crippen molar-refractivity contribution in [3.63, 3.8) is 0 Å². The van der Waals surface area contributed by atoms with Crippen molar-refractivity contribution in [2.75, 3.05) is 0 Å². The normalized spacial score (nSPS) is 10.8. The van der Waals surface area contributed by atoms with Crippen LogP contribution in [0.4, 0.5) is 0 Å². The molecule has 0 spiro atoms. The molecular formula is C11H10O3S. The van der Waals surface area contributed by atoms with Gasteiger partial charge in [-0.05, 0) is 23.8 Å². The predicted octanol–water partition coefficient (Wildman–Crippen LogP) is 2.05. The highest BCUT2D eigenvalue weighted by molar-refractivity contribution is 7.67. The predicted molar refractivity (Wildman–Crippen MR) is 59.6 cm³/mol. The average molecular weight is 222 g/mol. The van der Waals surface area contributed by atoms with Crippen LogP contribution in [0.3, 0.4) is 0 Å². The van der Waals surface area contributed by atoms with Crippen molar-refractivity contribution in [2.45, 2.75) is 6.92 Å². The van der Waals surface area contributed by atoms with Gasteiger partial charge in [0.15, 0.2) is 0 Å². The Morgan fingerprint density at radius 2 is 1.80 bits per heavy atom. The van der Waals surface area contributed by atoms with Crippen LogP contribution in [-0.4, -0.2) is 8.42 Å². The summed E-state index contributed by atoms with van der Waals surface area (Å²) in [7, 11) is -2.85. The van der Waals surface area contributed by atoms with Crippen LogP contribution in [0.25, 0.3) is 10.8 Å². The van der Waals surface area contributed by atoms with Crippen molar-refractivity contribution < 1.29 is 12.6 Å². The van der Waals surface area contributed by atoms with E-state index in [0.29, 0.717) is 5.75 Å². The Labute approximate surface area is 89.5 Å². The van der Waals surface area contributed by atoms with E-state index in [1.807, 2.05) is 37.3 Å². The summed E-state index contributed by atoms with van der Waals surface area (Å²) < 4.78 is 25.7. The molecule has 0 N–H and O–H groups in total. The van der Waals surface area contributed by atoms with Gasteiger partial charge in [-0.15, -0.1) is 0 Å². The molecule has 3 nitrogen and oxygen atoms in total. The van der Waals surface area contributed by atoms with E-state index < -0.39 is 11.0 Å². The van der Waals surface area contributed by atoms with Gasteiger partial charge in [0.25, 0.3) is 11.0 Å². The molecule has 0 aliphatic carbocycles. The van der Waals surface area contributed by atoms with Gasteiger partial charge in [0.1, 0.15) is 5.75 Å². The Bertz CT molecular complexity index is 565. The van der Waals surface area contributed by atoms with Crippen molar-refractivity contribution in [1.29, 1.82) is 0 Å². The quantitative estimate of drug-likeness (QED) is 0.791. The lowest BCUT2D eigenvalue weighted by atomic mass is 10.1. The maximum atomic E-state index is 10.5. The van der Waals surface area contributed by atoms with Crippen LogP contribution in [0, 0.1) is 6.92 Å². The van der Waals surface area contributed by atoms with Crippen LogP contribution < -0.4 is 4.18 Å². The summed E-state index contributed by atoms with van der Waals surface area (Å²) in [6.07, 6.45) is 0. The molecule has 0 aliphatic heterocycles. The number of aryl methyl sites for hydroxylation is 1. The van der Waals surface area contributed by atoms with Crippen molar-refractivity contribution in [1.82, 2.24) is 0 Å². The summed E-state index contributed by atoms with van der Waals surface area (Å²) in [6.45, 7) is 1.84. The fourth-order valence-electron chi connectivity index (χ4n) is 1.59. The summed E-state index contributed by atoms with van der Waals surface area (Å²) in [5.74, 6) is 0.393. The van der Waals surface area contributed by atoms with Gasteiger partial charge in [0.2, 0.25) is 0 Å². The highest BCUT2D eigenvalue weighted by Gasteiger charge is 2.04. The van der Waals surface area contributed by atoms with E-state index in [1.165, 1.54) is 0 Å². The Morgan fingerprint density at radius 1 is 1.07 bits per heavy atom. The zero-order valence-electron chi connectivity index (χ0n) is 8.14. The molecule has 0 atom stereocenters. The molecule has 2 aromatic rings. The Balaban J connectivity index is 2.64. The molecule has 0 fully saturated rings. The van der Waals surface area contributed by atoms with Crippen LogP contribution in [0.2, 0.25) is 0 Å². The second kappa shape index (κ2) is 3.90. The molecule has 0 unspecified atom stereocenters. The number of hydrogen-bond donors (Lipinski definition) is 1. The first kappa shape index (κ1) is 9.98. The molecule has 0 radical (unpaired) electrons. The number of hydrogen-bond acceptors (Lipinski definition) is 3. The summed E-state index contributed by atoms with van der Waals surface area (Å²) in [6, 6.07) is 11.3. The molecule has 0 aliphatic rings. The summed E-state index contributed by atoms with van der Waals surface area (Å²) in [4.78, 5) is 0. The number of fused-ring (bicyclic) bond motifs is 1. The van der Waals surface area contributed by atoms with Gasteiger partial charge in [-0.1, -0.05) is 30.3 Å². The molecule has 0 heterocycles. The second-order valence-electron chi connectivity index (χ2n) is 3.22. The van der Waals surface area contributed by atoms with Crippen molar-refractivity contribution >= 4 is 21.8 Å². The van der Waals surface area contributed by atoms with E-state index in [2.05, 4.69) is 0 Å². The number of thiol groups is 1. The van der Waals surface area contributed by atoms with E-state index in [-0.39, 0.29) is 0 Å². The van der Waals surface area contributed by atoms with Crippen molar-refractivity contribution in [3.8, 4) is 5.75 Å². The third kappa shape index (κ3) is 1.94. The molecule has 0 aromatic heterocycles. The lowest BCUT2D eigenvalue weighted by Gasteiger charge is -2.06. The third-order valence-corrected chi connectivity index (χ3v) is 2.67. The average Bonchev–Trinajstić information content (AvgIpc) is 2.22. The van der Waals surface area contributed by atoms with E-state index >= 15 is 0 Å². The smallest absolute Gasteiger partial charge is 0.299 e. The van der Waals surface area contributed by atoms with Gasteiger partial charge in [-0.2, -0.15) is 8.42 Å². The fourth-order valence-corrected chi connectivity index (χ4v) is 1.94. The van der Waals surface area contributed by atoms with Gasteiger partial charge >= 0.3 is 0 Å². The van der Waals surface area contributed by atoms with Crippen molar-refractivity contribution in [3.05, 3.63) is 42.0 Å². The molecule has 2 aromatic carbocycles. The Kier molecular flexibility index (Phi) is 2.60. The fraction of sp³-hybridized carbons (Fsp3) is 0.0909. The van der Waals surface area contributed by atoms with Gasteiger partial charge in [-0.3, -0.25) is 0 Å². The van der Waals surface area contributed by atoms with Crippen LogP contribution in [0.15, 0.2) is 36.4 Å². The maximum absolute atomic E-state index is 10.5. The van der Waals surface area contributed by atoms with Crippen LogP contribution in [0.5, 0.6) is 5.75 Å². The zero-order valence-corrected chi connectivity index (χ0v) is 9.03. The first-order valence-electron chi connectivity index (χ1n) is 4.49. The Morgan fingerprint density at radius 3 is 2.53 bits per heavy atom. The molecule has 0 bridgehead atoms. The monoisotopic (exact) mass is 222 g/mol. The summed E-state index contributed by atoms with van der Waals surface area (Å²) in [5, 5.41) is 2.08. The number of rotatable bonds is 2. The first-order chi connectivity index (χ1) is 7.18. The van der Waals surface area contributed by atoms with E-state index in [4.69, 9.17) is 4.18 Å². The highest BCUT2D eigenvalue weighted by Crippen LogP contribution is 2.26. The van der Waals surface area contributed by atoms with E-state index in [1.54, 1.807) is 6.07 Å². The molecule has 0 saturated heterocycles. The van der Waals surface area contributed by atoms with Gasteiger partial charge in [0.05, 0.1) is 0 Å². The van der Waals surface area contributed by atoms with Gasteiger partial charge < -0.3 is 4.18 Å². The van der Waals surface area contributed by atoms with Crippen LogP contribution in [-0.2, 0) is 11.0 Å². The standard InChI is InChI=1S/C11H10O3S/c1-8-10-5-3-2-4-9(10)6-7-11(8)14-15(12)13/h2-7,15H,1H3. The second-order valence-corrected chi connectivity index (χ2v) is 3.85. The summed E-state index contributed by atoms with van der Waals surface area (Å²) >= 11 is 0. The summed E-state index contributed by atoms with van der Waals surface area (Å²) in [5.41, 5.74) is 0.840. The zero-order chi connectivity index (χ0) is 10.8. The minimum Gasteiger partial charge on any atom is -0.384 e. The van der Waals surface area contributed by atoms with Crippen LogP contribution >= 0.6 is 0 Å². The Hall–Kier alpha value is -1.55. The van der Waals surface area contributed by atoms with Crippen molar-refractivity contribution in [2.24, 2.45) is 0 Å². The lowest BCUT2D eigenvalue weighted by Crippen LogP contribution is -1.93. The largest absolute Gasteiger partial charge is 0.384 e. The first-order valence-corrected chi connectivity index (χ1v) is 5.59. The molecular weight excluding hydrogens is 212 g/mol. The minimum atomic E-state index is -2.85. The molecule has 2 rings (SSSR count). The highest BCUT2D eigenvalue weighted by atomic mass is 32.2. The molecule has 0 amide bonds. The third-order valence-electron chi connectivity index (χ3n) is 2.32. The van der Waals surface area contributed by atoms with Gasteiger partial charge in [0, 0.05) is 5.56 Å². The molecule has 0 saturated carbocycles. The number of benzene rings is 2. The minimum absolute atomic E-state index is 0.393. The van der Waals surface area contributed by atoms with E-state index in [9.17, 15) is 8.42 Å².